The first-order valence-corrected chi connectivity index (χ1v) is 8.32. The zero-order valence-corrected chi connectivity index (χ0v) is 13.9. The summed E-state index contributed by atoms with van der Waals surface area (Å²) in [6, 6.07) is 16.7. The Morgan fingerprint density at radius 3 is 2.04 bits per heavy atom. The Kier molecular flexibility index (Phi) is 4.35. The Morgan fingerprint density at radius 2 is 1.43 bits per heavy atom. The van der Waals surface area contributed by atoms with Crippen molar-refractivity contribution in [2.75, 3.05) is 13.6 Å². The summed E-state index contributed by atoms with van der Waals surface area (Å²) in [5.41, 5.74) is 1.47. The summed E-state index contributed by atoms with van der Waals surface area (Å²) < 4.78 is 0. The highest BCUT2D eigenvalue weighted by Crippen LogP contribution is 2.37. The summed E-state index contributed by atoms with van der Waals surface area (Å²) in [5, 5.41) is 0. The summed E-state index contributed by atoms with van der Waals surface area (Å²) in [4.78, 5) is 29.1. The second kappa shape index (κ2) is 6.42. The van der Waals surface area contributed by atoms with Gasteiger partial charge in [-0.3, -0.25) is 9.59 Å². The number of likely N-dealkylation sites (N-methyl/N-ethyl adjacent to an activating group) is 1. The van der Waals surface area contributed by atoms with Crippen molar-refractivity contribution >= 4 is 23.3 Å². The molecule has 0 saturated heterocycles. The number of nitrogens with zero attached hydrogens (tertiary/aromatic N) is 1. The van der Waals surface area contributed by atoms with Crippen LogP contribution in [0.5, 0.6) is 0 Å². The highest BCUT2D eigenvalue weighted by molar-refractivity contribution is 8.04. The van der Waals surface area contributed by atoms with E-state index in [1.165, 1.54) is 11.8 Å². The maximum Gasteiger partial charge on any atom is 0.211 e. The minimum atomic E-state index is -0.0806. The zero-order valence-electron chi connectivity index (χ0n) is 13.1. The molecule has 3 nitrogen and oxygen atoms in total. The molecule has 0 unspecified atom stereocenters. The number of carbonyl (C=O) groups is 2. The van der Waals surface area contributed by atoms with Crippen molar-refractivity contribution in [3.05, 3.63) is 76.3 Å². The molecule has 1 aliphatic carbocycles. The molecule has 116 valence electrons. The lowest BCUT2D eigenvalue weighted by atomic mass is 9.92. The summed E-state index contributed by atoms with van der Waals surface area (Å²) in [5.74, 6) is -0.160. The van der Waals surface area contributed by atoms with E-state index in [9.17, 15) is 9.59 Å². The third-order valence-corrected chi connectivity index (χ3v) is 4.96. The van der Waals surface area contributed by atoms with Gasteiger partial charge in [-0.2, -0.15) is 0 Å². The van der Waals surface area contributed by atoms with Crippen LogP contribution in [-0.2, 0) is 0 Å². The van der Waals surface area contributed by atoms with Crippen molar-refractivity contribution < 1.29 is 9.59 Å². The monoisotopic (exact) mass is 323 g/mol. The van der Waals surface area contributed by atoms with Gasteiger partial charge in [0.25, 0.3) is 0 Å². The molecule has 4 heteroatoms. The molecule has 0 bridgehead atoms. The van der Waals surface area contributed by atoms with E-state index < -0.39 is 0 Å². The standard InChI is InChI=1S/C19H17NO2S/c1-3-20(2)16-17(21)14-11-7-8-12-15(14)18(22)19(16)23-13-9-5-4-6-10-13/h4-12H,3H2,1-2H3. The van der Waals surface area contributed by atoms with E-state index in [4.69, 9.17) is 0 Å². The van der Waals surface area contributed by atoms with E-state index in [2.05, 4.69) is 0 Å². The van der Waals surface area contributed by atoms with Crippen LogP contribution in [0.3, 0.4) is 0 Å². The van der Waals surface area contributed by atoms with Gasteiger partial charge in [0.1, 0.15) is 5.70 Å². The molecule has 0 aromatic heterocycles. The van der Waals surface area contributed by atoms with Crippen LogP contribution in [0.15, 0.2) is 70.1 Å². The van der Waals surface area contributed by atoms with Crippen LogP contribution in [-0.4, -0.2) is 30.1 Å². The molecule has 1 aliphatic rings. The quantitative estimate of drug-likeness (QED) is 0.851. The number of ketones is 2. The molecule has 23 heavy (non-hydrogen) atoms. The Hall–Kier alpha value is -2.33. The molecule has 0 saturated carbocycles. The summed E-state index contributed by atoms with van der Waals surface area (Å²) >= 11 is 1.36. The number of hydrogen-bond donors (Lipinski definition) is 0. The van der Waals surface area contributed by atoms with Crippen LogP contribution in [0.2, 0.25) is 0 Å². The van der Waals surface area contributed by atoms with Gasteiger partial charge in [-0.25, -0.2) is 0 Å². The molecule has 3 rings (SSSR count). The van der Waals surface area contributed by atoms with E-state index in [1.807, 2.05) is 49.2 Å². The van der Waals surface area contributed by atoms with E-state index in [1.54, 1.807) is 24.3 Å². The lowest BCUT2D eigenvalue weighted by Crippen LogP contribution is -2.31. The average Bonchev–Trinajstić information content (AvgIpc) is 2.60. The lowest BCUT2D eigenvalue weighted by molar-refractivity contribution is 0.0955. The van der Waals surface area contributed by atoms with Crippen molar-refractivity contribution in [2.24, 2.45) is 0 Å². The van der Waals surface area contributed by atoms with Crippen molar-refractivity contribution in [2.45, 2.75) is 11.8 Å². The number of thioether (sulfide) groups is 1. The smallest absolute Gasteiger partial charge is 0.211 e. The zero-order chi connectivity index (χ0) is 16.4. The first-order chi connectivity index (χ1) is 11.1. The van der Waals surface area contributed by atoms with Crippen LogP contribution in [0, 0.1) is 0 Å². The van der Waals surface area contributed by atoms with Gasteiger partial charge in [0.05, 0.1) is 4.91 Å². The molecule has 0 fully saturated rings. The maximum absolute atomic E-state index is 12.9. The van der Waals surface area contributed by atoms with Crippen LogP contribution in [0.4, 0.5) is 0 Å². The molecule has 0 amide bonds. The Labute approximate surface area is 140 Å². The van der Waals surface area contributed by atoms with Crippen LogP contribution < -0.4 is 0 Å². The van der Waals surface area contributed by atoms with Gasteiger partial charge in [0, 0.05) is 29.6 Å². The fourth-order valence-electron chi connectivity index (χ4n) is 2.55. The maximum atomic E-state index is 12.9. The molecule has 0 N–H and O–H groups in total. The lowest BCUT2D eigenvalue weighted by Gasteiger charge is -2.27. The van der Waals surface area contributed by atoms with Crippen LogP contribution in [0.1, 0.15) is 27.6 Å². The SMILES string of the molecule is CCN(C)C1=C(Sc2ccccc2)C(=O)c2ccccc2C1=O. The van der Waals surface area contributed by atoms with Crippen molar-refractivity contribution in [1.82, 2.24) is 4.90 Å². The number of rotatable bonds is 4. The van der Waals surface area contributed by atoms with Crippen molar-refractivity contribution in [3.63, 3.8) is 0 Å². The van der Waals surface area contributed by atoms with Gasteiger partial charge in [-0.1, -0.05) is 54.2 Å². The fraction of sp³-hybridized carbons (Fsp3) is 0.158. The normalized spacial score (nSPS) is 14.0. The topological polar surface area (TPSA) is 37.4 Å². The Balaban J connectivity index is 2.14. The predicted octanol–water partition coefficient (Wildman–Crippen LogP) is 4.02. The highest BCUT2D eigenvalue weighted by Gasteiger charge is 2.34. The van der Waals surface area contributed by atoms with Crippen LogP contribution >= 0.6 is 11.8 Å². The van der Waals surface area contributed by atoms with E-state index in [0.717, 1.165) is 4.90 Å². The molecule has 0 heterocycles. The number of hydrogen-bond acceptors (Lipinski definition) is 4. The summed E-state index contributed by atoms with van der Waals surface area (Å²) in [6.07, 6.45) is 0. The Bertz CT molecular complexity index is 796. The number of allylic oxidation sites excluding steroid dienone is 2. The summed E-state index contributed by atoms with van der Waals surface area (Å²) in [7, 11) is 1.85. The fourth-order valence-corrected chi connectivity index (χ4v) is 3.62. The molecule has 0 spiro atoms. The van der Waals surface area contributed by atoms with Crippen molar-refractivity contribution in [1.29, 1.82) is 0 Å². The minimum Gasteiger partial charge on any atom is -0.371 e. The van der Waals surface area contributed by atoms with Gasteiger partial charge in [-0.05, 0) is 19.1 Å². The third kappa shape index (κ3) is 2.82. The largest absolute Gasteiger partial charge is 0.371 e. The average molecular weight is 323 g/mol. The van der Waals surface area contributed by atoms with Gasteiger partial charge < -0.3 is 4.90 Å². The molecular formula is C19H17NO2S. The number of carbonyl (C=O) groups excluding carboxylic acids is 2. The second-order valence-electron chi connectivity index (χ2n) is 5.31. The minimum absolute atomic E-state index is 0.0793. The predicted molar refractivity (Wildman–Crippen MR) is 92.7 cm³/mol. The van der Waals surface area contributed by atoms with Crippen LogP contribution in [0.25, 0.3) is 0 Å². The molecule has 0 atom stereocenters. The number of Topliss-reactive ketones (excluding diaryl/α,β-unsaturated/α-hetero) is 2. The van der Waals surface area contributed by atoms with Crippen molar-refractivity contribution in [3.8, 4) is 0 Å². The molecule has 0 aliphatic heterocycles. The van der Waals surface area contributed by atoms with Gasteiger partial charge >= 0.3 is 0 Å². The first-order valence-electron chi connectivity index (χ1n) is 7.50. The molecule has 0 radical (unpaired) electrons. The van der Waals surface area contributed by atoms with Gasteiger partial charge in [0.15, 0.2) is 0 Å². The number of benzene rings is 2. The Morgan fingerprint density at radius 1 is 0.870 bits per heavy atom. The second-order valence-corrected chi connectivity index (χ2v) is 6.39. The van der Waals surface area contributed by atoms with E-state index in [0.29, 0.717) is 28.3 Å². The third-order valence-electron chi connectivity index (χ3n) is 3.87. The summed E-state index contributed by atoms with van der Waals surface area (Å²) in [6.45, 7) is 2.63. The van der Waals surface area contributed by atoms with E-state index in [-0.39, 0.29) is 11.6 Å². The van der Waals surface area contributed by atoms with Gasteiger partial charge in [0.2, 0.25) is 11.6 Å². The first kappa shape index (κ1) is 15.6. The highest BCUT2D eigenvalue weighted by atomic mass is 32.2. The number of fused-ring (bicyclic) bond motifs is 1. The molecule has 2 aromatic carbocycles. The molecular weight excluding hydrogens is 306 g/mol. The van der Waals surface area contributed by atoms with E-state index >= 15 is 0 Å². The van der Waals surface area contributed by atoms with Gasteiger partial charge in [-0.15, -0.1) is 0 Å². The molecule has 2 aromatic rings.